The fourth-order valence-corrected chi connectivity index (χ4v) is 8.00. The van der Waals surface area contributed by atoms with Crippen molar-refractivity contribution in [2.45, 2.75) is 77.5 Å². The van der Waals surface area contributed by atoms with Gasteiger partial charge in [0.1, 0.15) is 0 Å². The minimum atomic E-state index is -4.35. The van der Waals surface area contributed by atoms with Gasteiger partial charge in [-0.15, -0.1) is 0 Å². The van der Waals surface area contributed by atoms with Crippen molar-refractivity contribution in [2.24, 2.45) is 34.5 Å². The van der Waals surface area contributed by atoms with Gasteiger partial charge in [0.15, 0.2) is 5.78 Å². The second-order valence-corrected chi connectivity index (χ2v) is 11.4. The highest BCUT2D eigenvalue weighted by atomic mass is 19.4. The van der Waals surface area contributed by atoms with E-state index >= 15 is 0 Å². The number of carbonyl (C=O) groups excluding carboxylic acids is 1. The van der Waals surface area contributed by atoms with Crippen molar-refractivity contribution in [2.75, 3.05) is 0 Å². The third-order valence-electron chi connectivity index (χ3n) is 9.86. The van der Waals surface area contributed by atoms with Gasteiger partial charge in [0.2, 0.25) is 0 Å². The number of aliphatic hydroxyl groups excluding tert-OH is 1. The zero-order valence-corrected chi connectivity index (χ0v) is 18.9. The minimum absolute atomic E-state index is 0.162. The van der Waals surface area contributed by atoms with Gasteiger partial charge in [0.25, 0.3) is 0 Å². The normalized spacial score (nSPS) is 43.0. The molecule has 0 saturated heterocycles. The molecule has 7 atom stereocenters. The number of halogens is 3. The lowest BCUT2D eigenvalue weighted by Gasteiger charge is -2.59. The molecule has 1 N–H and O–H groups in total. The molecule has 0 bridgehead atoms. The Hall–Kier alpha value is -1.62. The molecule has 0 aromatic heterocycles. The van der Waals surface area contributed by atoms with E-state index in [9.17, 15) is 23.1 Å². The molecule has 0 heterocycles. The Morgan fingerprint density at radius 3 is 2.41 bits per heavy atom. The predicted molar refractivity (Wildman–Crippen MR) is 118 cm³/mol. The summed E-state index contributed by atoms with van der Waals surface area (Å²) in [6.45, 7) is 4.56. The second kappa shape index (κ2) is 7.44. The summed E-state index contributed by atoms with van der Waals surface area (Å²) < 4.78 is 38.6. The van der Waals surface area contributed by atoms with Crippen molar-refractivity contribution in [1.29, 1.82) is 0 Å². The zero-order chi connectivity index (χ0) is 22.9. The summed E-state index contributed by atoms with van der Waals surface area (Å²) in [5, 5.41) is 10.2. The average molecular weight is 447 g/mol. The Kier molecular flexibility index (Phi) is 5.16. The number of benzene rings is 1. The second-order valence-electron chi connectivity index (χ2n) is 11.4. The minimum Gasteiger partial charge on any atom is -0.393 e. The quantitative estimate of drug-likeness (QED) is 0.489. The summed E-state index contributed by atoms with van der Waals surface area (Å²) >= 11 is 0. The van der Waals surface area contributed by atoms with Gasteiger partial charge in [0.05, 0.1) is 11.7 Å². The van der Waals surface area contributed by atoms with Gasteiger partial charge >= 0.3 is 6.18 Å². The Morgan fingerprint density at radius 2 is 1.72 bits per heavy atom. The molecular weight excluding hydrogens is 413 g/mol. The van der Waals surface area contributed by atoms with Crippen molar-refractivity contribution >= 4 is 11.9 Å². The first-order valence-electron chi connectivity index (χ1n) is 12.1. The molecule has 0 spiro atoms. The zero-order valence-electron chi connectivity index (χ0n) is 18.9. The summed E-state index contributed by atoms with van der Waals surface area (Å²) in [5.41, 5.74) is 0.688. The fraction of sp³-hybridized carbons (Fsp3) is 0.667. The van der Waals surface area contributed by atoms with E-state index < -0.39 is 11.7 Å². The molecule has 5 heteroatoms. The van der Waals surface area contributed by atoms with E-state index in [-0.39, 0.29) is 22.7 Å². The summed E-state index contributed by atoms with van der Waals surface area (Å²) in [6.07, 6.45) is 5.15. The number of ketones is 1. The third kappa shape index (κ3) is 3.38. The van der Waals surface area contributed by atoms with Crippen LogP contribution in [0.3, 0.4) is 0 Å². The van der Waals surface area contributed by atoms with E-state index in [1.54, 1.807) is 0 Å². The highest BCUT2D eigenvalue weighted by Crippen LogP contribution is 2.66. The van der Waals surface area contributed by atoms with Gasteiger partial charge in [-0.25, -0.2) is 0 Å². The van der Waals surface area contributed by atoms with Crippen molar-refractivity contribution in [1.82, 2.24) is 0 Å². The van der Waals surface area contributed by atoms with Gasteiger partial charge < -0.3 is 5.11 Å². The molecule has 4 aliphatic rings. The third-order valence-corrected chi connectivity index (χ3v) is 9.86. The SMILES string of the molecule is C[C@]12CC[C@H](O)C[C@@H]1CC[C@H]1[C@H]2CC[C@]2(C)C(=O)/C(=C/c3ccc(C(F)(F)F)cc3)C[C@H]12. The van der Waals surface area contributed by atoms with Crippen molar-refractivity contribution in [3.05, 3.63) is 41.0 Å². The van der Waals surface area contributed by atoms with Crippen molar-refractivity contribution in [3.63, 3.8) is 0 Å². The van der Waals surface area contributed by atoms with Gasteiger partial charge in [0, 0.05) is 5.41 Å². The van der Waals surface area contributed by atoms with Gasteiger partial charge in [-0.05, 0) is 110 Å². The van der Waals surface area contributed by atoms with Crippen LogP contribution in [0, 0.1) is 34.5 Å². The van der Waals surface area contributed by atoms with Crippen LogP contribution in [-0.4, -0.2) is 17.0 Å². The number of rotatable bonds is 1. The topological polar surface area (TPSA) is 37.3 Å². The number of hydrogen-bond donors (Lipinski definition) is 1. The molecular formula is C27H33F3O2. The van der Waals surface area contributed by atoms with Gasteiger partial charge in [-0.3, -0.25) is 4.79 Å². The van der Waals surface area contributed by atoms with Gasteiger partial charge in [-0.2, -0.15) is 13.2 Å². The maximum absolute atomic E-state index is 13.5. The molecule has 0 amide bonds. The number of alkyl halides is 3. The standard InChI is InChI=1S/C27H33F3O2/c1-25-11-9-20(31)15-19(25)7-8-21-22(25)10-12-26(2)23(21)14-17(24(26)32)13-16-3-5-18(6-4-16)27(28,29)30/h3-6,13,19-23,31H,7-12,14-15H2,1-2H3/b17-13+/t19-,20-,21-,22+,23+,25-,26-/m0/s1. The highest BCUT2D eigenvalue weighted by molar-refractivity contribution is 6.05. The largest absolute Gasteiger partial charge is 0.416 e. The van der Waals surface area contributed by atoms with E-state index in [0.717, 1.165) is 69.1 Å². The predicted octanol–water partition coefficient (Wildman–Crippen LogP) is 6.67. The lowest BCUT2D eigenvalue weighted by Crippen LogP contribution is -2.54. The molecule has 174 valence electrons. The molecule has 32 heavy (non-hydrogen) atoms. The number of fused-ring (bicyclic) bond motifs is 5. The molecule has 0 unspecified atom stereocenters. The summed E-state index contributed by atoms with van der Waals surface area (Å²) in [7, 11) is 0. The Labute approximate surface area is 188 Å². The van der Waals surface area contributed by atoms with E-state index in [4.69, 9.17) is 0 Å². The van der Waals surface area contributed by atoms with Crippen LogP contribution < -0.4 is 0 Å². The maximum Gasteiger partial charge on any atom is 0.416 e. The Bertz CT molecular complexity index is 933. The summed E-state index contributed by atoms with van der Waals surface area (Å²) in [4.78, 5) is 13.5. The van der Waals surface area contributed by atoms with E-state index in [2.05, 4.69) is 13.8 Å². The number of allylic oxidation sites excluding steroid dienone is 1. The highest BCUT2D eigenvalue weighted by Gasteiger charge is 2.61. The molecule has 5 rings (SSSR count). The first kappa shape index (κ1) is 22.2. The van der Waals surface area contributed by atoms with Gasteiger partial charge in [-0.1, -0.05) is 26.0 Å². The molecule has 0 radical (unpaired) electrons. The van der Waals surface area contributed by atoms with Crippen LogP contribution in [0.1, 0.15) is 76.3 Å². The summed E-state index contributed by atoms with van der Waals surface area (Å²) in [6, 6.07) is 5.12. The number of carbonyl (C=O) groups is 1. The van der Waals surface area contributed by atoms with Crippen LogP contribution in [0.15, 0.2) is 29.8 Å². The van der Waals surface area contributed by atoms with E-state index in [0.29, 0.717) is 29.2 Å². The van der Waals surface area contributed by atoms with Crippen LogP contribution >= 0.6 is 0 Å². The lowest BCUT2D eigenvalue weighted by atomic mass is 9.45. The number of aliphatic hydroxyl groups is 1. The van der Waals surface area contributed by atoms with Crippen LogP contribution in [0.4, 0.5) is 13.2 Å². The molecule has 4 fully saturated rings. The van der Waals surface area contributed by atoms with E-state index in [1.165, 1.54) is 12.1 Å². The molecule has 0 aliphatic heterocycles. The Morgan fingerprint density at radius 1 is 1.00 bits per heavy atom. The van der Waals surface area contributed by atoms with Crippen LogP contribution in [-0.2, 0) is 11.0 Å². The van der Waals surface area contributed by atoms with Crippen molar-refractivity contribution < 1.29 is 23.1 Å². The first-order valence-corrected chi connectivity index (χ1v) is 12.1. The Balaban J connectivity index is 1.41. The monoisotopic (exact) mass is 446 g/mol. The fourth-order valence-electron chi connectivity index (χ4n) is 8.00. The molecule has 4 aliphatic carbocycles. The molecule has 2 nitrogen and oxygen atoms in total. The smallest absolute Gasteiger partial charge is 0.393 e. The molecule has 1 aromatic rings. The average Bonchev–Trinajstić information content (AvgIpc) is 2.99. The maximum atomic E-state index is 13.5. The van der Waals surface area contributed by atoms with Crippen LogP contribution in [0.25, 0.3) is 6.08 Å². The number of hydrogen-bond acceptors (Lipinski definition) is 2. The van der Waals surface area contributed by atoms with Crippen LogP contribution in [0.5, 0.6) is 0 Å². The molecule has 4 saturated carbocycles. The van der Waals surface area contributed by atoms with Crippen LogP contribution in [0.2, 0.25) is 0 Å². The molecule has 1 aromatic carbocycles. The number of Topliss-reactive ketones (excluding diaryl/α,β-unsaturated/α-hetero) is 1. The lowest BCUT2D eigenvalue weighted by molar-refractivity contribution is -0.141. The first-order chi connectivity index (χ1) is 15.0. The van der Waals surface area contributed by atoms with E-state index in [1.807, 2.05) is 6.08 Å². The van der Waals surface area contributed by atoms with Crippen molar-refractivity contribution in [3.8, 4) is 0 Å². The summed E-state index contributed by atoms with van der Waals surface area (Å²) in [5.74, 6) is 2.22.